The van der Waals surface area contributed by atoms with E-state index < -0.39 is 16.8 Å². The molecule has 4 unspecified atom stereocenters. The van der Waals surface area contributed by atoms with Gasteiger partial charge in [0.05, 0.1) is 36.5 Å². The lowest BCUT2D eigenvalue weighted by Gasteiger charge is -2.17. The minimum atomic E-state index is -2.20. The predicted octanol–water partition coefficient (Wildman–Crippen LogP) is 3.88. The molecule has 4 rings (SSSR count). The molecule has 3 heterocycles. The standard InChI is InChI=1S/C19H23ClFN5O5P2/c1-11(12-2-4-13(21)5-3-12)23-17-18-22-8-15(26(18)25-19(20)24-17)16-7-6-14(31-16)9-30-33(29)10-32(27)28/h2-5,8,11,14,16,27-29H,6-7,9-10H2,1H3,(H,23,24,25). The molecule has 178 valence electrons. The average molecular weight is 518 g/mol. The molecule has 10 nitrogen and oxygen atoms in total. The summed E-state index contributed by atoms with van der Waals surface area (Å²) in [7, 11) is -4.10. The van der Waals surface area contributed by atoms with Gasteiger partial charge in [-0.3, -0.25) is 0 Å². The quantitative estimate of drug-likeness (QED) is 0.312. The fourth-order valence-electron chi connectivity index (χ4n) is 3.59. The van der Waals surface area contributed by atoms with Gasteiger partial charge in [0, 0.05) is 0 Å². The van der Waals surface area contributed by atoms with Crippen LogP contribution in [0, 0.1) is 5.82 Å². The van der Waals surface area contributed by atoms with E-state index in [1.54, 1.807) is 22.8 Å². The summed E-state index contributed by atoms with van der Waals surface area (Å²) >= 11 is 6.18. The van der Waals surface area contributed by atoms with Gasteiger partial charge < -0.3 is 29.3 Å². The van der Waals surface area contributed by atoms with Gasteiger partial charge >= 0.3 is 0 Å². The van der Waals surface area contributed by atoms with E-state index in [0.29, 0.717) is 30.0 Å². The Bertz CT molecular complexity index is 1090. The molecule has 0 amide bonds. The molecule has 4 N–H and O–H groups in total. The number of rotatable bonds is 9. The summed E-state index contributed by atoms with van der Waals surface area (Å²) in [5.74, 6) is -0.0410. The molecular weight excluding hydrogens is 495 g/mol. The molecule has 1 saturated heterocycles. The molecule has 1 aromatic carbocycles. The molecule has 3 aromatic rings. The predicted molar refractivity (Wildman–Crippen MR) is 122 cm³/mol. The molecule has 0 aliphatic carbocycles. The molecule has 0 spiro atoms. The normalized spacial score (nSPS) is 20.5. The van der Waals surface area contributed by atoms with Crippen molar-refractivity contribution in [3.05, 3.63) is 52.8 Å². The van der Waals surface area contributed by atoms with Crippen LogP contribution in [-0.4, -0.2) is 52.9 Å². The zero-order valence-electron chi connectivity index (χ0n) is 17.5. The summed E-state index contributed by atoms with van der Waals surface area (Å²) in [4.78, 5) is 36.4. The summed E-state index contributed by atoms with van der Waals surface area (Å²) in [6.45, 7) is 2.07. The second-order valence-electron chi connectivity index (χ2n) is 7.55. The number of halogens is 2. The minimum absolute atomic E-state index is 0.0314. The number of fused-ring (bicyclic) bond motifs is 1. The molecule has 33 heavy (non-hydrogen) atoms. The van der Waals surface area contributed by atoms with Crippen molar-refractivity contribution in [2.24, 2.45) is 0 Å². The van der Waals surface area contributed by atoms with Gasteiger partial charge in [-0.25, -0.2) is 13.9 Å². The number of aromatic nitrogens is 4. The smallest absolute Gasteiger partial charge is 0.243 e. The van der Waals surface area contributed by atoms with Crippen molar-refractivity contribution in [2.45, 2.75) is 38.0 Å². The Balaban J connectivity index is 1.47. The Labute approximate surface area is 196 Å². The summed E-state index contributed by atoms with van der Waals surface area (Å²) in [6, 6.07) is 6.00. The van der Waals surface area contributed by atoms with Crippen molar-refractivity contribution in [2.75, 3.05) is 17.8 Å². The number of hydrogen-bond donors (Lipinski definition) is 4. The highest BCUT2D eigenvalue weighted by Gasteiger charge is 2.31. The Morgan fingerprint density at radius 2 is 2.06 bits per heavy atom. The van der Waals surface area contributed by atoms with Crippen molar-refractivity contribution in [3.63, 3.8) is 0 Å². The lowest BCUT2D eigenvalue weighted by molar-refractivity contribution is 0.0151. The maximum atomic E-state index is 13.2. The Morgan fingerprint density at radius 1 is 1.30 bits per heavy atom. The third-order valence-corrected chi connectivity index (χ3v) is 7.77. The SMILES string of the molecule is CC(Nc1nc(Cl)nn2c(C3CCC(COP(O)CP(O)O)O3)cnc12)c1ccc(F)cc1. The fourth-order valence-corrected chi connectivity index (χ4v) is 5.28. The lowest BCUT2D eigenvalue weighted by atomic mass is 10.1. The van der Waals surface area contributed by atoms with Gasteiger partial charge in [0.1, 0.15) is 11.9 Å². The van der Waals surface area contributed by atoms with E-state index in [1.807, 2.05) is 6.92 Å². The van der Waals surface area contributed by atoms with Crippen LogP contribution in [0.2, 0.25) is 5.28 Å². The van der Waals surface area contributed by atoms with E-state index in [-0.39, 0.29) is 41.9 Å². The van der Waals surface area contributed by atoms with Crippen LogP contribution in [0.4, 0.5) is 10.2 Å². The first-order valence-corrected chi connectivity index (χ1v) is 13.3. The van der Waals surface area contributed by atoms with Crippen LogP contribution in [0.1, 0.15) is 43.2 Å². The molecule has 1 aliphatic rings. The maximum Gasteiger partial charge on any atom is 0.243 e. The molecule has 0 bridgehead atoms. The van der Waals surface area contributed by atoms with E-state index in [4.69, 9.17) is 30.6 Å². The van der Waals surface area contributed by atoms with Gasteiger partial charge in [-0.1, -0.05) is 12.1 Å². The van der Waals surface area contributed by atoms with Crippen LogP contribution in [-0.2, 0) is 9.26 Å². The first-order valence-electron chi connectivity index (χ1n) is 10.1. The Hall–Kier alpha value is -1.55. The molecule has 0 saturated carbocycles. The van der Waals surface area contributed by atoms with Crippen molar-refractivity contribution in [1.82, 2.24) is 19.6 Å². The zero-order valence-corrected chi connectivity index (χ0v) is 20.1. The number of hydrogen-bond acceptors (Lipinski definition) is 9. The van der Waals surface area contributed by atoms with Crippen LogP contribution in [0.15, 0.2) is 30.5 Å². The first-order chi connectivity index (χ1) is 15.8. The summed E-state index contributed by atoms with van der Waals surface area (Å²) < 4.78 is 26.2. The van der Waals surface area contributed by atoms with Gasteiger partial charge in [-0.05, 0) is 49.1 Å². The van der Waals surface area contributed by atoms with E-state index in [9.17, 15) is 9.28 Å². The van der Waals surface area contributed by atoms with E-state index in [0.717, 1.165) is 5.56 Å². The number of nitrogens with zero attached hydrogens (tertiary/aromatic N) is 4. The van der Waals surface area contributed by atoms with Gasteiger partial charge in [-0.15, -0.1) is 5.10 Å². The van der Waals surface area contributed by atoms with Crippen LogP contribution in [0.5, 0.6) is 0 Å². The van der Waals surface area contributed by atoms with Gasteiger partial charge in [0.15, 0.2) is 28.2 Å². The van der Waals surface area contributed by atoms with Crippen molar-refractivity contribution < 1.29 is 28.3 Å². The number of anilines is 1. The van der Waals surface area contributed by atoms with E-state index in [1.165, 1.54) is 12.1 Å². The van der Waals surface area contributed by atoms with E-state index >= 15 is 0 Å². The molecule has 14 heteroatoms. The highest BCUT2D eigenvalue weighted by molar-refractivity contribution is 7.63. The average Bonchev–Trinajstić information content (AvgIpc) is 3.39. The van der Waals surface area contributed by atoms with Crippen molar-refractivity contribution in [3.8, 4) is 0 Å². The molecular formula is C19H23ClFN5O5P2. The minimum Gasteiger partial charge on any atom is -0.366 e. The topological polar surface area (TPSA) is 134 Å². The fraction of sp³-hybridized carbons (Fsp3) is 0.421. The van der Waals surface area contributed by atoms with Crippen LogP contribution in [0.25, 0.3) is 5.65 Å². The zero-order chi connectivity index (χ0) is 23.5. The highest BCUT2D eigenvalue weighted by atomic mass is 35.5. The van der Waals surface area contributed by atoms with E-state index in [2.05, 4.69) is 20.4 Å². The highest BCUT2D eigenvalue weighted by Crippen LogP contribution is 2.44. The Kier molecular flexibility index (Phi) is 8.04. The number of nitrogens with one attached hydrogen (secondary N) is 1. The third-order valence-electron chi connectivity index (χ3n) is 5.18. The van der Waals surface area contributed by atoms with Crippen LogP contribution >= 0.6 is 28.4 Å². The Morgan fingerprint density at radius 3 is 2.79 bits per heavy atom. The summed E-state index contributed by atoms with van der Waals surface area (Å²) in [5, 5.41) is 7.57. The molecule has 2 aromatic heterocycles. The maximum absolute atomic E-state index is 13.2. The van der Waals surface area contributed by atoms with Crippen LogP contribution in [0.3, 0.4) is 0 Å². The second kappa shape index (κ2) is 10.8. The first kappa shape index (κ1) is 24.6. The number of imidazole rings is 1. The second-order valence-corrected chi connectivity index (χ2v) is 10.7. The monoisotopic (exact) mass is 517 g/mol. The number of benzene rings is 1. The lowest BCUT2D eigenvalue weighted by Crippen LogP contribution is -2.15. The third kappa shape index (κ3) is 6.12. The van der Waals surface area contributed by atoms with Gasteiger partial charge in [0.25, 0.3) is 0 Å². The van der Waals surface area contributed by atoms with Crippen molar-refractivity contribution >= 4 is 39.8 Å². The van der Waals surface area contributed by atoms with Crippen molar-refractivity contribution in [1.29, 1.82) is 0 Å². The van der Waals surface area contributed by atoms with Gasteiger partial charge in [-0.2, -0.15) is 4.98 Å². The molecule has 1 aliphatic heterocycles. The van der Waals surface area contributed by atoms with Crippen LogP contribution < -0.4 is 5.32 Å². The number of ether oxygens (including phenoxy) is 1. The summed E-state index contributed by atoms with van der Waals surface area (Å²) in [6.07, 6.45) is 2.48. The van der Waals surface area contributed by atoms with Gasteiger partial charge in [0.2, 0.25) is 5.28 Å². The molecule has 4 atom stereocenters. The molecule has 1 fully saturated rings. The molecule has 0 radical (unpaired) electrons. The largest absolute Gasteiger partial charge is 0.366 e. The summed E-state index contributed by atoms with van der Waals surface area (Å²) in [5.41, 5.74) is 2.05.